The predicted molar refractivity (Wildman–Crippen MR) is 68.4 cm³/mol. The maximum atomic E-state index is 11.3. The lowest BCUT2D eigenvalue weighted by molar-refractivity contribution is -0.119. The Morgan fingerprint density at radius 3 is 2.94 bits per heavy atom. The van der Waals surface area contributed by atoms with E-state index in [9.17, 15) is 4.79 Å². The van der Waals surface area contributed by atoms with Crippen LogP contribution < -0.4 is 5.32 Å². The maximum Gasteiger partial charge on any atom is 0.227 e. The third-order valence-electron chi connectivity index (χ3n) is 2.11. The number of hydrogen-bond acceptors (Lipinski definition) is 3. The molecule has 1 N–H and O–H groups in total. The minimum Gasteiger partial charge on any atom is -0.305 e. The highest BCUT2D eigenvalue weighted by atomic mass is 35.5. The van der Waals surface area contributed by atoms with E-state index in [4.69, 9.17) is 11.6 Å². The van der Waals surface area contributed by atoms with E-state index in [0.717, 1.165) is 0 Å². The van der Waals surface area contributed by atoms with Crippen LogP contribution in [0.5, 0.6) is 0 Å². The summed E-state index contributed by atoms with van der Waals surface area (Å²) in [7, 11) is 0. The quantitative estimate of drug-likeness (QED) is 0.837. The van der Waals surface area contributed by atoms with Crippen LogP contribution in [0.25, 0.3) is 0 Å². The molecule has 84 valence electrons. The topological polar surface area (TPSA) is 41.5 Å². The Morgan fingerprint density at radius 2 is 2.25 bits per heavy atom. The molecule has 1 saturated heterocycles. The van der Waals surface area contributed by atoms with Gasteiger partial charge >= 0.3 is 0 Å². The Kier molecular flexibility index (Phi) is 3.51. The first-order valence-corrected chi connectivity index (χ1v) is 6.20. The van der Waals surface area contributed by atoms with E-state index in [1.54, 1.807) is 17.8 Å². The molecule has 1 aliphatic heterocycles. The summed E-state index contributed by atoms with van der Waals surface area (Å²) in [4.78, 5) is 15.7. The normalized spacial score (nSPS) is 23.2. The van der Waals surface area contributed by atoms with Crippen molar-refractivity contribution in [3.8, 4) is 0 Å². The first kappa shape index (κ1) is 11.5. The molecule has 16 heavy (non-hydrogen) atoms. The molecule has 0 radical (unpaired) electrons. The summed E-state index contributed by atoms with van der Waals surface area (Å²) in [5, 5.41) is 4.21. The van der Waals surface area contributed by atoms with Crippen LogP contribution >= 0.6 is 23.4 Å². The largest absolute Gasteiger partial charge is 0.305 e. The molecule has 1 atom stereocenters. The number of amidine groups is 1. The van der Waals surface area contributed by atoms with Crippen LogP contribution in [0.4, 0.5) is 5.69 Å². The Hall–Kier alpha value is -1.000. The molecule has 1 fully saturated rings. The molecule has 0 bridgehead atoms. The van der Waals surface area contributed by atoms with Crippen LogP contribution in [-0.2, 0) is 4.79 Å². The van der Waals surface area contributed by atoms with Gasteiger partial charge in [-0.25, -0.2) is 4.99 Å². The Bertz CT molecular complexity index is 447. The smallest absolute Gasteiger partial charge is 0.227 e. The van der Waals surface area contributed by atoms with Gasteiger partial charge in [0.1, 0.15) is 0 Å². The van der Waals surface area contributed by atoms with Crippen molar-refractivity contribution >= 4 is 40.1 Å². The Morgan fingerprint density at radius 1 is 1.50 bits per heavy atom. The number of carbonyl (C=O) groups excluding carboxylic acids is 1. The summed E-state index contributed by atoms with van der Waals surface area (Å²) >= 11 is 7.54. The lowest BCUT2D eigenvalue weighted by Crippen LogP contribution is -2.36. The fourth-order valence-electron chi connectivity index (χ4n) is 1.40. The number of aliphatic imine (C=N–C) groups is 1. The Labute approximate surface area is 103 Å². The summed E-state index contributed by atoms with van der Waals surface area (Å²) in [6, 6.07) is 7.31. The van der Waals surface area contributed by atoms with Gasteiger partial charge in [0.15, 0.2) is 5.17 Å². The first-order chi connectivity index (χ1) is 7.65. The highest BCUT2D eigenvalue weighted by molar-refractivity contribution is 8.14. The van der Waals surface area contributed by atoms with Crippen molar-refractivity contribution in [1.29, 1.82) is 0 Å². The highest BCUT2D eigenvalue weighted by Gasteiger charge is 2.20. The minimum absolute atomic E-state index is 0.0112. The molecule has 3 nitrogen and oxygen atoms in total. The summed E-state index contributed by atoms with van der Waals surface area (Å²) in [6.07, 6.45) is 0.534. The molecular weight excluding hydrogens is 244 g/mol. The minimum atomic E-state index is 0.0112. The van der Waals surface area contributed by atoms with E-state index >= 15 is 0 Å². The van der Waals surface area contributed by atoms with Gasteiger partial charge in [-0.1, -0.05) is 42.4 Å². The number of thioether (sulfide) groups is 1. The number of benzene rings is 1. The number of amides is 1. The molecule has 2 rings (SSSR count). The number of para-hydroxylation sites is 1. The van der Waals surface area contributed by atoms with E-state index in [0.29, 0.717) is 22.3 Å². The number of nitrogens with zero attached hydrogens (tertiary/aromatic N) is 1. The van der Waals surface area contributed by atoms with Crippen molar-refractivity contribution < 1.29 is 4.79 Å². The molecule has 1 aromatic carbocycles. The van der Waals surface area contributed by atoms with Crippen LogP contribution in [0.3, 0.4) is 0 Å². The van der Waals surface area contributed by atoms with E-state index in [-0.39, 0.29) is 11.2 Å². The van der Waals surface area contributed by atoms with Crippen molar-refractivity contribution in [3.05, 3.63) is 29.3 Å². The maximum absolute atomic E-state index is 11.3. The summed E-state index contributed by atoms with van der Waals surface area (Å²) in [5.74, 6) is 0.0112. The van der Waals surface area contributed by atoms with Crippen molar-refractivity contribution in [2.24, 2.45) is 4.99 Å². The van der Waals surface area contributed by atoms with Crippen molar-refractivity contribution in [3.63, 3.8) is 0 Å². The SMILES string of the molecule is CC1CC(=O)NC(=Nc2ccccc2Cl)S1. The van der Waals surface area contributed by atoms with E-state index in [2.05, 4.69) is 10.3 Å². The van der Waals surface area contributed by atoms with Gasteiger partial charge < -0.3 is 5.32 Å². The molecule has 1 heterocycles. The van der Waals surface area contributed by atoms with Gasteiger partial charge in [0.2, 0.25) is 5.91 Å². The summed E-state index contributed by atoms with van der Waals surface area (Å²) in [6.45, 7) is 2.01. The molecular formula is C11H11ClN2OS. The zero-order chi connectivity index (χ0) is 11.5. The average molecular weight is 255 g/mol. The Balaban J connectivity index is 2.24. The van der Waals surface area contributed by atoms with Gasteiger partial charge in [-0.05, 0) is 12.1 Å². The van der Waals surface area contributed by atoms with Gasteiger partial charge in [0.05, 0.1) is 10.7 Å². The van der Waals surface area contributed by atoms with Crippen LogP contribution in [-0.4, -0.2) is 16.3 Å². The van der Waals surface area contributed by atoms with Crippen molar-refractivity contribution in [1.82, 2.24) is 5.32 Å². The van der Waals surface area contributed by atoms with E-state index in [1.807, 2.05) is 25.1 Å². The summed E-state index contributed by atoms with van der Waals surface area (Å²) < 4.78 is 0. The second-order valence-electron chi connectivity index (χ2n) is 3.55. The van der Waals surface area contributed by atoms with Gasteiger partial charge in [0, 0.05) is 11.7 Å². The second kappa shape index (κ2) is 4.89. The zero-order valence-electron chi connectivity index (χ0n) is 8.74. The zero-order valence-corrected chi connectivity index (χ0v) is 10.3. The number of halogens is 1. The van der Waals surface area contributed by atoms with Crippen molar-refractivity contribution in [2.75, 3.05) is 0 Å². The molecule has 0 saturated carbocycles. The van der Waals surface area contributed by atoms with E-state index in [1.165, 1.54) is 0 Å². The molecule has 0 aliphatic carbocycles. The third-order valence-corrected chi connectivity index (χ3v) is 3.41. The van der Waals surface area contributed by atoms with Gasteiger partial charge in [0.25, 0.3) is 0 Å². The fraction of sp³-hybridized carbons (Fsp3) is 0.273. The monoisotopic (exact) mass is 254 g/mol. The number of carbonyl (C=O) groups is 1. The van der Waals surface area contributed by atoms with Gasteiger partial charge in [-0.15, -0.1) is 0 Å². The molecule has 0 aromatic heterocycles. The molecule has 5 heteroatoms. The van der Waals surface area contributed by atoms with Crippen LogP contribution in [0.15, 0.2) is 29.3 Å². The van der Waals surface area contributed by atoms with E-state index < -0.39 is 0 Å². The fourth-order valence-corrected chi connectivity index (χ4v) is 2.52. The first-order valence-electron chi connectivity index (χ1n) is 4.95. The van der Waals surface area contributed by atoms with Crippen LogP contribution in [0.2, 0.25) is 5.02 Å². The second-order valence-corrected chi connectivity index (χ2v) is 5.38. The number of nitrogens with one attached hydrogen (secondary N) is 1. The molecule has 1 amide bonds. The van der Waals surface area contributed by atoms with Crippen LogP contribution in [0, 0.1) is 0 Å². The predicted octanol–water partition coefficient (Wildman–Crippen LogP) is 2.97. The highest BCUT2D eigenvalue weighted by Crippen LogP contribution is 2.27. The van der Waals surface area contributed by atoms with Gasteiger partial charge in [-0.2, -0.15) is 0 Å². The van der Waals surface area contributed by atoms with Gasteiger partial charge in [-0.3, -0.25) is 4.79 Å². The lowest BCUT2D eigenvalue weighted by Gasteiger charge is -2.19. The number of hydrogen-bond donors (Lipinski definition) is 1. The standard InChI is InChI=1S/C11H11ClN2OS/c1-7-6-10(15)14-11(16-7)13-9-5-3-2-4-8(9)12/h2-5,7H,6H2,1H3,(H,13,14,15). The lowest BCUT2D eigenvalue weighted by atomic mass is 10.3. The molecule has 0 spiro atoms. The van der Waals surface area contributed by atoms with Crippen LogP contribution in [0.1, 0.15) is 13.3 Å². The summed E-state index contributed by atoms with van der Waals surface area (Å²) in [5.41, 5.74) is 0.682. The van der Waals surface area contributed by atoms with Crippen molar-refractivity contribution in [2.45, 2.75) is 18.6 Å². The molecule has 1 aromatic rings. The molecule has 1 unspecified atom stereocenters. The third kappa shape index (κ3) is 2.77. The average Bonchev–Trinajstić information content (AvgIpc) is 2.20. The molecule has 1 aliphatic rings. The number of rotatable bonds is 1.